The van der Waals surface area contributed by atoms with E-state index in [-0.39, 0.29) is 5.92 Å². The maximum Gasteiger partial charge on any atom is 0.242 e. The van der Waals surface area contributed by atoms with Crippen molar-refractivity contribution in [1.82, 2.24) is 0 Å². The number of primary amides is 1. The summed E-state index contributed by atoms with van der Waals surface area (Å²) in [5.41, 5.74) is 11.3. The number of hydrogen-bond acceptors (Lipinski definition) is 2. The largest absolute Gasteiger partial charge is 0.368 e. The second-order valence-corrected chi connectivity index (χ2v) is 3.87. The first-order valence-corrected chi connectivity index (χ1v) is 4.80. The van der Waals surface area contributed by atoms with Gasteiger partial charge >= 0.3 is 0 Å². The van der Waals surface area contributed by atoms with Crippen LogP contribution in [0.2, 0.25) is 0 Å². The molecule has 0 saturated heterocycles. The average Bonchev–Trinajstić information content (AvgIpc) is 3.01. The Labute approximate surface area is 83.1 Å². The van der Waals surface area contributed by atoms with E-state index in [0.717, 1.165) is 18.4 Å². The van der Waals surface area contributed by atoms with Crippen molar-refractivity contribution in [3.8, 4) is 0 Å². The van der Waals surface area contributed by atoms with E-state index >= 15 is 0 Å². The third kappa shape index (κ3) is 1.30. The van der Waals surface area contributed by atoms with Gasteiger partial charge in [-0.2, -0.15) is 0 Å². The monoisotopic (exact) mass is 190 g/mol. The Morgan fingerprint density at radius 2 is 1.86 bits per heavy atom. The van der Waals surface area contributed by atoms with Gasteiger partial charge in [-0.25, -0.2) is 0 Å². The number of carbonyl (C=O) groups is 1. The SMILES string of the molecule is NC(=O)C(N)(c1ccccc1)C1CC1. The summed E-state index contributed by atoms with van der Waals surface area (Å²) in [7, 11) is 0. The van der Waals surface area contributed by atoms with Gasteiger partial charge in [-0.1, -0.05) is 30.3 Å². The van der Waals surface area contributed by atoms with Gasteiger partial charge in [0, 0.05) is 0 Å². The Morgan fingerprint density at radius 1 is 1.29 bits per heavy atom. The van der Waals surface area contributed by atoms with Crippen molar-refractivity contribution in [1.29, 1.82) is 0 Å². The van der Waals surface area contributed by atoms with Gasteiger partial charge in [0.05, 0.1) is 0 Å². The minimum absolute atomic E-state index is 0.224. The summed E-state index contributed by atoms with van der Waals surface area (Å²) in [4.78, 5) is 11.4. The van der Waals surface area contributed by atoms with E-state index in [2.05, 4.69) is 0 Å². The van der Waals surface area contributed by atoms with Crippen LogP contribution in [0.15, 0.2) is 30.3 Å². The molecule has 1 amide bonds. The molecule has 0 aliphatic heterocycles. The summed E-state index contributed by atoms with van der Waals surface area (Å²) in [6.45, 7) is 0. The van der Waals surface area contributed by atoms with Crippen LogP contribution in [0.4, 0.5) is 0 Å². The van der Waals surface area contributed by atoms with E-state index in [0.29, 0.717) is 0 Å². The zero-order chi connectivity index (χ0) is 10.2. The van der Waals surface area contributed by atoms with Gasteiger partial charge in [-0.3, -0.25) is 4.79 Å². The Bertz CT molecular complexity index is 346. The van der Waals surface area contributed by atoms with Crippen molar-refractivity contribution in [2.75, 3.05) is 0 Å². The molecule has 1 atom stereocenters. The highest BCUT2D eigenvalue weighted by Gasteiger charge is 2.47. The quantitative estimate of drug-likeness (QED) is 0.738. The first-order valence-electron chi connectivity index (χ1n) is 4.80. The molecule has 0 spiro atoms. The van der Waals surface area contributed by atoms with Gasteiger partial charge in [0.2, 0.25) is 5.91 Å². The lowest BCUT2D eigenvalue weighted by atomic mass is 9.85. The highest BCUT2D eigenvalue weighted by Crippen LogP contribution is 2.43. The molecular formula is C11H14N2O. The van der Waals surface area contributed by atoms with Crippen molar-refractivity contribution in [3.05, 3.63) is 35.9 Å². The molecule has 2 rings (SSSR count). The molecule has 1 saturated carbocycles. The Morgan fingerprint density at radius 3 is 2.29 bits per heavy atom. The van der Waals surface area contributed by atoms with E-state index in [4.69, 9.17) is 11.5 Å². The normalized spacial score (nSPS) is 20.1. The van der Waals surface area contributed by atoms with Crippen LogP contribution in [-0.2, 0) is 10.3 Å². The molecule has 1 unspecified atom stereocenters. The molecule has 3 heteroatoms. The molecular weight excluding hydrogens is 176 g/mol. The van der Waals surface area contributed by atoms with Crippen LogP contribution in [0.1, 0.15) is 18.4 Å². The summed E-state index contributed by atoms with van der Waals surface area (Å²) in [5.74, 6) is -0.200. The number of carbonyl (C=O) groups excluding carboxylic acids is 1. The zero-order valence-corrected chi connectivity index (χ0v) is 7.94. The van der Waals surface area contributed by atoms with Crippen molar-refractivity contribution >= 4 is 5.91 Å². The van der Waals surface area contributed by atoms with Crippen LogP contribution < -0.4 is 11.5 Å². The maximum atomic E-state index is 11.4. The lowest BCUT2D eigenvalue weighted by molar-refractivity contribution is -0.124. The first-order chi connectivity index (χ1) is 6.65. The lowest BCUT2D eigenvalue weighted by Gasteiger charge is -2.26. The van der Waals surface area contributed by atoms with Crippen molar-refractivity contribution in [2.45, 2.75) is 18.4 Å². The predicted molar refractivity (Wildman–Crippen MR) is 54.2 cm³/mol. The number of amides is 1. The van der Waals surface area contributed by atoms with Crippen LogP contribution in [0, 0.1) is 5.92 Å². The topological polar surface area (TPSA) is 69.1 Å². The number of nitrogens with two attached hydrogens (primary N) is 2. The Kier molecular flexibility index (Phi) is 2.04. The Hall–Kier alpha value is -1.35. The van der Waals surface area contributed by atoms with Crippen LogP contribution in [-0.4, -0.2) is 5.91 Å². The van der Waals surface area contributed by atoms with Crippen LogP contribution in [0.5, 0.6) is 0 Å². The van der Waals surface area contributed by atoms with Crippen molar-refractivity contribution < 1.29 is 4.79 Å². The Balaban J connectivity index is 2.41. The van der Waals surface area contributed by atoms with Gasteiger partial charge in [0.15, 0.2) is 0 Å². The van der Waals surface area contributed by atoms with Crippen LogP contribution in [0.25, 0.3) is 0 Å². The number of rotatable bonds is 3. The standard InChI is InChI=1S/C11H14N2O/c12-10(14)11(13,9-6-7-9)8-4-2-1-3-5-8/h1-5,9H,6-7,13H2,(H2,12,14). The highest BCUT2D eigenvalue weighted by molar-refractivity contribution is 5.86. The van der Waals surface area contributed by atoms with Crippen molar-refractivity contribution in [3.63, 3.8) is 0 Å². The molecule has 0 aromatic heterocycles. The molecule has 1 fully saturated rings. The van der Waals surface area contributed by atoms with Gasteiger partial charge in [0.1, 0.15) is 5.54 Å². The molecule has 0 heterocycles. The second kappa shape index (κ2) is 3.10. The molecule has 0 radical (unpaired) electrons. The van der Waals surface area contributed by atoms with E-state index < -0.39 is 11.4 Å². The van der Waals surface area contributed by atoms with Crippen molar-refractivity contribution in [2.24, 2.45) is 17.4 Å². The van der Waals surface area contributed by atoms with E-state index in [9.17, 15) is 4.79 Å². The van der Waals surface area contributed by atoms with E-state index in [1.165, 1.54) is 0 Å². The minimum atomic E-state index is -0.957. The summed E-state index contributed by atoms with van der Waals surface area (Å²) < 4.78 is 0. The number of hydrogen-bond donors (Lipinski definition) is 2. The number of benzene rings is 1. The first kappa shape index (κ1) is 9.21. The molecule has 0 bridgehead atoms. The molecule has 3 nitrogen and oxygen atoms in total. The van der Waals surface area contributed by atoms with E-state index in [1.807, 2.05) is 30.3 Å². The van der Waals surface area contributed by atoms with Gasteiger partial charge < -0.3 is 11.5 Å². The van der Waals surface area contributed by atoms with Crippen LogP contribution >= 0.6 is 0 Å². The molecule has 1 aliphatic rings. The summed E-state index contributed by atoms with van der Waals surface area (Å²) in [5, 5.41) is 0. The fraction of sp³-hybridized carbons (Fsp3) is 0.364. The second-order valence-electron chi connectivity index (χ2n) is 3.87. The molecule has 14 heavy (non-hydrogen) atoms. The summed E-state index contributed by atoms with van der Waals surface area (Å²) >= 11 is 0. The van der Waals surface area contributed by atoms with Gasteiger partial charge in [0.25, 0.3) is 0 Å². The van der Waals surface area contributed by atoms with E-state index in [1.54, 1.807) is 0 Å². The van der Waals surface area contributed by atoms with Crippen LogP contribution in [0.3, 0.4) is 0 Å². The lowest BCUT2D eigenvalue weighted by Crippen LogP contribution is -2.50. The predicted octanol–water partition coefficient (Wildman–Crippen LogP) is 0.736. The third-order valence-corrected chi connectivity index (χ3v) is 2.88. The maximum absolute atomic E-state index is 11.4. The zero-order valence-electron chi connectivity index (χ0n) is 7.94. The third-order valence-electron chi connectivity index (χ3n) is 2.88. The summed E-state index contributed by atoms with van der Waals surface area (Å²) in [6, 6.07) is 9.38. The fourth-order valence-electron chi connectivity index (χ4n) is 1.83. The average molecular weight is 190 g/mol. The summed E-state index contributed by atoms with van der Waals surface area (Å²) in [6.07, 6.45) is 1.99. The fourth-order valence-corrected chi connectivity index (χ4v) is 1.83. The van der Waals surface area contributed by atoms with Gasteiger partial charge in [-0.15, -0.1) is 0 Å². The minimum Gasteiger partial charge on any atom is -0.368 e. The molecule has 1 aromatic carbocycles. The molecule has 1 aromatic rings. The smallest absolute Gasteiger partial charge is 0.242 e. The highest BCUT2D eigenvalue weighted by atomic mass is 16.1. The molecule has 1 aliphatic carbocycles. The van der Waals surface area contributed by atoms with Gasteiger partial charge in [-0.05, 0) is 24.3 Å². The molecule has 4 N–H and O–H groups in total. The molecule has 74 valence electrons.